The van der Waals surface area contributed by atoms with E-state index >= 15 is 0 Å². The van der Waals surface area contributed by atoms with Crippen LogP contribution in [0, 0.1) is 6.92 Å². The monoisotopic (exact) mass is 542 g/mol. The third-order valence-electron chi connectivity index (χ3n) is 8.95. The Bertz CT molecular complexity index is 1930. The lowest BCUT2D eigenvalue weighted by Crippen LogP contribution is -2.25. The number of imidazole rings is 1. The van der Waals surface area contributed by atoms with E-state index in [9.17, 15) is 9.90 Å². The summed E-state index contributed by atoms with van der Waals surface area (Å²) in [5.41, 5.74) is 7.23. The normalized spacial score (nSPS) is 15.9. The molecule has 1 N–H and O–H groups in total. The molecule has 3 aromatic carbocycles. The second-order valence-electron chi connectivity index (χ2n) is 11.4. The number of pyridine rings is 1. The first-order valence-electron chi connectivity index (χ1n) is 14.5. The van der Waals surface area contributed by atoms with E-state index in [4.69, 9.17) is 4.98 Å². The summed E-state index contributed by atoms with van der Waals surface area (Å²) in [5.74, 6) is -0.941. The van der Waals surface area contributed by atoms with Crippen LogP contribution in [0.1, 0.15) is 46.4 Å². The highest BCUT2D eigenvalue weighted by Crippen LogP contribution is 2.35. The van der Waals surface area contributed by atoms with Crippen molar-refractivity contribution in [2.75, 3.05) is 13.6 Å². The fraction of sp³-hybridized carbons (Fsp3) is 0.257. The minimum absolute atomic E-state index is 0.298. The summed E-state index contributed by atoms with van der Waals surface area (Å²) >= 11 is 0. The molecule has 0 saturated carbocycles. The number of aryl methyl sites for hydroxylation is 2. The van der Waals surface area contributed by atoms with Crippen molar-refractivity contribution in [2.45, 2.75) is 45.2 Å². The summed E-state index contributed by atoms with van der Waals surface area (Å²) in [6.45, 7) is 4.34. The number of carbonyl (C=O) groups is 1. The van der Waals surface area contributed by atoms with Gasteiger partial charge in [-0.05, 0) is 79.9 Å². The Balaban J connectivity index is 1.38. The summed E-state index contributed by atoms with van der Waals surface area (Å²) in [6.07, 6.45) is 8.67. The fourth-order valence-corrected chi connectivity index (χ4v) is 6.89. The quantitative estimate of drug-likeness (QED) is 0.232. The van der Waals surface area contributed by atoms with Crippen molar-refractivity contribution < 1.29 is 9.90 Å². The number of aromatic carboxylic acids is 1. The standard InChI is InChI=1S/C35H34N4O2/c1-23-9-7-13-29-32(23)25(22-38(29)20-17-26-11-8-18-37(26)2)21-30-34(36-31-14-5-6-19-39(30)31)28-16-15-24-10-3-4-12-27(24)33(28)35(40)41/h3-7,9-10,12-16,19,22,26H,8,11,17-18,20-21H2,1-2H3,(H,40,41). The number of rotatable bonds is 7. The highest BCUT2D eigenvalue weighted by atomic mass is 16.4. The molecule has 6 nitrogen and oxygen atoms in total. The molecule has 1 saturated heterocycles. The van der Waals surface area contributed by atoms with Gasteiger partial charge in [-0.3, -0.25) is 0 Å². The van der Waals surface area contributed by atoms with E-state index in [2.05, 4.69) is 52.2 Å². The minimum Gasteiger partial charge on any atom is -0.478 e. The zero-order chi connectivity index (χ0) is 28.1. The Morgan fingerprint density at radius 3 is 2.71 bits per heavy atom. The minimum atomic E-state index is -0.941. The van der Waals surface area contributed by atoms with E-state index in [1.165, 1.54) is 41.4 Å². The van der Waals surface area contributed by atoms with Gasteiger partial charge in [0.15, 0.2) is 0 Å². The predicted octanol–water partition coefficient (Wildman–Crippen LogP) is 7.19. The number of nitrogens with zero attached hydrogens (tertiary/aromatic N) is 4. The number of carboxylic acids is 1. The number of aromatic nitrogens is 3. The van der Waals surface area contributed by atoms with Gasteiger partial charge in [-0.15, -0.1) is 0 Å². The Labute approximate surface area is 239 Å². The number of benzene rings is 3. The van der Waals surface area contributed by atoms with Gasteiger partial charge < -0.3 is 19.0 Å². The first-order chi connectivity index (χ1) is 20.0. The van der Waals surface area contributed by atoms with Crippen molar-refractivity contribution in [3.8, 4) is 11.3 Å². The molecular weight excluding hydrogens is 508 g/mol. The molecule has 6 heteroatoms. The molecule has 0 bridgehead atoms. The molecule has 7 rings (SSSR count). The number of likely N-dealkylation sites (tertiary alicyclic amines) is 1. The third-order valence-corrected chi connectivity index (χ3v) is 8.95. The number of fused-ring (bicyclic) bond motifs is 3. The maximum absolute atomic E-state index is 12.7. The topological polar surface area (TPSA) is 62.8 Å². The van der Waals surface area contributed by atoms with Gasteiger partial charge in [0.1, 0.15) is 5.65 Å². The molecule has 0 spiro atoms. The van der Waals surface area contributed by atoms with Crippen LogP contribution in [0.3, 0.4) is 0 Å². The van der Waals surface area contributed by atoms with Crippen LogP contribution >= 0.6 is 0 Å². The van der Waals surface area contributed by atoms with Gasteiger partial charge in [-0.25, -0.2) is 9.78 Å². The van der Waals surface area contributed by atoms with Gasteiger partial charge in [-0.2, -0.15) is 0 Å². The van der Waals surface area contributed by atoms with Crippen LogP contribution in [0.15, 0.2) is 85.2 Å². The maximum atomic E-state index is 12.7. The first kappa shape index (κ1) is 25.5. The summed E-state index contributed by atoms with van der Waals surface area (Å²) < 4.78 is 4.54. The van der Waals surface area contributed by atoms with Crippen molar-refractivity contribution in [1.82, 2.24) is 18.9 Å². The number of hydrogen-bond donors (Lipinski definition) is 1. The lowest BCUT2D eigenvalue weighted by atomic mass is 9.94. The Morgan fingerprint density at radius 1 is 1.02 bits per heavy atom. The lowest BCUT2D eigenvalue weighted by molar-refractivity contribution is 0.0700. The Hall–Kier alpha value is -4.42. The molecule has 0 radical (unpaired) electrons. The number of carboxylic acid groups (broad SMARTS) is 1. The average molecular weight is 543 g/mol. The zero-order valence-electron chi connectivity index (χ0n) is 23.5. The van der Waals surface area contributed by atoms with Gasteiger partial charge in [0.25, 0.3) is 0 Å². The number of hydrogen-bond acceptors (Lipinski definition) is 3. The molecule has 1 atom stereocenters. The molecule has 6 aromatic rings. The fourth-order valence-electron chi connectivity index (χ4n) is 6.89. The van der Waals surface area contributed by atoms with E-state index in [1.807, 2.05) is 60.8 Å². The van der Waals surface area contributed by atoms with E-state index in [1.54, 1.807) is 0 Å². The molecule has 4 heterocycles. The molecule has 41 heavy (non-hydrogen) atoms. The van der Waals surface area contributed by atoms with E-state index in [0.717, 1.165) is 40.8 Å². The van der Waals surface area contributed by atoms with E-state index < -0.39 is 5.97 Å². The summed E-state index contributed by atoms with van der Waals surface area (Å²) in [7, 11) is 2.24. The lowest BCUT2D eigenvalue weighted by Gasteiger charge is -2.19. The van der Waals surface area contributed by atoms with Crippen LogP contribution in [0.2, 0.25) is 0 Å². The van der Waals surface area contributed by atoms with E-state index in [0.29, 0.717) is 23.6 Å². The van der Waals surface area contributed by atoms with Crippen LogP contribution in [0.5, 0.6) is 0 Å². The largest absolute Gasteiger partial charge is 0.478 e. The Kier molecular flexibility index (Phi) is 6.36. The second kappa shape index (κ2) is 10.2. The summed E-state index contributed by atoms with van der Waals surface area (Å²) in [6, 6.07) is 24.8. The van der Waals surface area contributed by atoms with Gasteiger partial charge in [0.05, 0.1) is 17.0 Å². The molecule has 206 valence electrons. The molecule has 3 aromatic heterocycles. The van der Waals surface area contributed by atoms with Crippen molar-refractivity contribution in [3.63, 3.8) is 0 Å². The third kappa shape index (κ3) is 4.39. The van der Waals surface area contributed by atoms with Gasteiger partial charge in [0, 0.05) is 47.9 Å². The van der Waals surface area contributed by atoms with Crippen molar-refractivity contribution in [3.05, 3.63) is 108 Å². The first-order valence-corrected chi connectivity index (χ1v) is 14.5. The van der Waals surface area contributed by atoms with Crippen molar-refractivity contribution >= 4 is 33.3 Å². The average Bonchev–Trinajstić information content (AvgIpc) is 3.67. The molecule has 1 unspecified atom stereocenters. The SMILES string of the molecule is Cc1cccc2c1c(Cc1c(-c3ccc4ccccc4c3C(=O)O)nc3ccccn13)cn2CCC1CCCN1C. The highest BCUT2D eigenvalue weighted by molar-refractivity contribution is 6.09. The van der Waals surface area contributed by atoms with Crippen LogP contribution in [0.4, 0.5) is 0 Å². The Morgan fingerprint density at radius 2 is 1.88 bits per heavy atom. The van der Waals surface area contributed by atoms with E-state index in [-0.39, 0.29) is 0 Å². The molecule has 0 aliphatic carbocycles. The maximum Gasteiger partial charge on any atom is 0.337 e. The summed E-state index contributed by atoms with van der Waals surface area (Å²) in [4.78, 5) is 20.2. The molecule has 1 aliphatic rings. The zero-order valence-corrected chi connectivity index (χ0v) is 23.5. The second-order valence-corrected chi connectivity index (χ2v) is 11.4. The van der Waals surface area contributed by atoms with Crippen LogP contribution in [0.25, 0.3) is 38.6 Å². The smallest absolute Gasteiger partial charge is 0.337 e. The molecule has 0 amide bonds. The van der Waals surface area contributed by atoms with Crippen LogP contribution in [-0.4, -0.2) is 49.6 Å². The molecular formula is C35H34N4O2. The van der Waals surface area contributed by atoms with Gasteiger partial charge >= 0.3 is 5.97 Å². The van der Waals surface area contributed by atoms with Crippen molar-refractivity contribution in [2.24, 2.45) is 0 Å². The molecule has 1 fully saturated rings. The summed E-state index contributed by atoms with van der Waals surface area (Å²) in [5, 5.41) is 13.3. The highest BCUT2D eigenvalue weighted by Gasteiger charge is 2.24. The predicted molar refractivity (Wildman–Crippen MR) is 165 cm³/mol. The van der Waals surface area contributed by atoms with Gasteiger partial charge in [0.2, 0.25) is 0 Å². The van der Waals surface area contributed by atoms with Crippen LogP contribution < -0.4 is 0 Å². The molecule has 1 aliphatic heterocycles. The van der Waals surface area contributed by atoms with Gasteiger partial charge in [-0.1, -0.05) is 54.6 Å². The van der Waals surface area contributed by atoms with Crippen molar-refractivity contribution in [1.29, 1.82) is 0 Å². The van der Waals surface area contributed by atoms with Crippen LogP contribution in [-0.2, 0) is 13.0 Å².